The molecule has 1 amide bonds. The number of carboxylic acids is 1. The third-order valence-electron chi connectivity index (χ3n) is 3.57. The van der Waals surface area contributed by atoms with Gasteiger partial charge in [0.05, 0.1) is 11.5 Å². The molecule has 1 aliphatic rings. The van der Waals surface area contributed by atoms with E-state index in [9.17, 15) is 14.7 Å². The summed E-state index contributed by atoms with van der Waals surface area (Å²) in [6, 6.07) is 0. The Balaban J connectivity index is 2.42. The van der Waals surface area contributed by atoms with Crippen LogP contribution in [0, 0.1) is 11.8 Å². The van der Waals surface area contributed by atoms with Crippen LogP contribution >= 0.6 is 0 Å². The summed E-state index contributed by atoms with van der Waals surface area (Å²) in [4.78, 5) is 22.5. The topological polar surface area (TPSA) is 95.9 Å². The molecule has 6 nitrogen and oxygen atoms in total. The number of aliphatic carboxylic acids is 1. The normalized spacial score (nSPS) is 21.9. The molecule has 0 spiro atoms. The standard InChI is InChI=1S/C12H21NO5/c1-8(9(2)11(15)16)10(14)13-7-12(17)3-5-18-6-4-12/h8-9,17H,3-7H2,1-2H3,(H,13,14)(H,15,16). The predicted molar refractivity (Wildman–Crippen MR) is 64.0 cm³/mol. The molecule has 18 heavy (non-hydrogen) atoms. The number of nitrogens with one attached hydrogen (secondary N) is 1. The zero-order valence-electron chi connectivity index (χ0n) is 10.8. The number of carbonyl (C=O) groups excluding carboxylic acids is 1. The molecule has 1 aliphatic heterocycles. The zero-order valence-corrected chi connectivity index (χ0v) is 10.8. The van der Waals surface area contributed by atoms with E-state index in [1.165, 1.54) is 6.92 Å². The smallest absolute Gasteiger partial charge is 0.307 e. The number of hydrogen-bond donors (Lipinski definition) is 3. The van der Waals surface area contributed by atoms with Crippen molar-refractivity contribution in [2.24, 2.45) is 11.8 Å². The van der Waals surface area contributed by atoms with Gasteiger partial charge in [-0.3, -0.25) is 9.59 Å². The van der Waals surface area contributed by atoms with Gasteiger partial charge in [-0.1, -0.05) is 13.8 Å². The van der Waals surface area contributed by atoms with Gasteiger partial charge in [-0.2, -0.15) is 0 Å². The molecule has 0 saturated carbocycles. The molecule has 0 bridgehead atoms. The molecule has 104 valence electrons. The van der Waals surface area contributed by atoms with Crippen molar-refractivity contribution in [3.8, 4) is 0 Å². The Kier molecular flexibility index (Phi) is 5.10. The fourth-order valence-corrected chi connectivity index (χ4v) is 1.78. The molecule has 1 rings (SSSR count). The molecule has 2 atom stereocenters. The van der Waals surface area contributed by atoms with E-state index in [0.29, 0.717) is 26.1 Å². The van der Waals surface area contributed by atoms with Gasteiger partial charge < -0.3 is 20.3 Å². The minimum absolute atomic E-state index is 0.145. The molecule has 0 aromatic rings. The Morgan fingerprint density at radius 2 is 1.83 bits per heavy atom. The fourth-order valence-electron chi connectivity index (χ4n) is 1.78. The van der Waals surface area contributed by atoms with Crippen LogP contribution in [-0.4, -0.2) is 47.4 Å². The molecule has 3 N–H and O–H groups in total. The van der Waals surface area contributed by atoms with Crippen LogP contribution in [0.15, 0.2) is 0 Å². The van der Waals surface area contributed by atoms with E-state index >= 15 is 0 Å². The lowest BCUT2D eigenvalue weighted by molar-refractivity contribution is -0.146. The van der Waals surface area contributed by atoms with Crippen LogP contribution in [0.25, 0.3) is 0 Å². The van der Waals surface area contributed by atoms with E-state index in [4.69, 9.17) is 9.84 Å². The average molecular weight is 259 g/mol. The highest BCUT2D eigenvalue weighted by molar-refractivity contribution is 5.84. The van der Waals surface area contributed by atoms with Crippen molar-refractivity contribution >= 4 is 11.9 Å². The SMILES string of the molecule is CC(C(=O)O)C(C)C(=O)NCC1(O)CCOCC1. The van der Waals surface area contributed by atoms with Crippen LogP contribution in [0.1, 0.15) is 26.7 Å². The molecule has 0 aromatic heterocycles. The summed E-state index contributed by atoms with van der Waals surface area (Å²) in [5.74, 6) is -2.70. The van der Waals surface area contributed by atoms with Crippen LogP contribution in [0.3, 0.4) is 0 Å². The highest BCUT2D eigenvalue weighted by atomic mass is 16.5. The summed E-state index contributed by atoms with van der Waals surface area (Å²) in [5, 5.41) is 21.6. The van der Waals surface area contributed by atoms with Gasteiger partial charge in [-0.05, 0) is 0 Å². The number of carbonyl (C=O) groups is 2. The molecule has 2 unspecified atom stereocenters. The van der Waals surface area contributed by atoms with Crippen molar-refractivity contribution in [3.05, 3.63) is 0 Å². The predicted octanol–water partition coefficient (Wildman–Crippen LogP) is 0.000900. The van der Waals surface area contributed by atoms with Gasteiger partial charge in [-0.25, -0.2) is 0 Å². The number of hydrogen-bond acceptors (Lipinski definition) is 4. The molecule has 1 saturated heterocycles. The Hall–Kier alpha value is -1.14. The van der Waals surface area contributed by atoms with Gasteiger partial charge in [0, 0.05) is 38.5 Å². The van der Waals surface area contributed by atoms with E-state index in [-0.39, 0.29) is 12.5 Å². The lowest BCUT2D eigenvalue weighted by atomic mass is 9.92. The second-order valence-electron chi connectivity index (χ2n) is 4.97. The zero-order chi connectivity index (χ0) is 13.8. The monoisotopic (exact) mass is 259 g/mol. The Labute approximate surface area is 106 Å². The van der Waals surface area contributed by atoms with Crippen LogP contribution in [0.4, 0.5) is 0 Å². The minimum Gasteiger partial charge on any atom is -0.481 e. The van der Waals surface area contributed by atoms with Crippen LogP contribution in [0.2, 0.25) is 0 Å². The van der Waals surface area contributed by atoms with E-state index in [2.05, 4.69) is 5.32 Å². The number of ether oxygens (including phenoxy) is 1. The lowest BCUT2D eigenvalue weighted by Crippen LogP contribution is -2.48. The molecular formula is C12H21NO5. The van der Waals surface area contributed by atoms with Crippen molar-refractivity contribution in [2.75, 3.05) is 19.8 Å². The average Bonchev–Trinajstić information content (AvgIpc) is 2.35. The molecule has 0 radical (unpaired) electrons. The van der Waals surface area contributed by atoms with Crippen LogP contribution < -0.4 is 5.32 Å². The Morgan fingerprint density at radius 1 is 1.28 bits per heavy atom. The maximum Gasteiger partial charge on any atom is 0.307 e. The maximum atomic E-state index is 11.8. The van der Waals surface area contributed by atoms with Gasteiger partial charge in [0.15, 0.2) is 0 Å². The maximum absolute atomic E-state index is 11.8. The van der Waals surface area contributed by atoms with Gasteiger partial charge in [-0.15, -0.1) is 0 Å². The summed E-state index contributed by atoms with van der Waals surface area (Å²) in [7, 11) is 0. The van der Waals surface area contributed by atoms with Crippen molar-refractivity contribution in [1.29, 1.82) is 0 Å². The Bertz CT molecular complexity index is 312. The molecule has 1 fully saturated rings. The number of aliphatic hydroxyl groups is 1. The van der Waals surface area contributed by atoms with E-state index in [0.717, 1.165) is 0 Å². The molecular weight excluding hydrogens is 238 g/mol. The molecule has 1 heterocycles. The summed E-state index contributed by atoms with van der Waals surface area (Å²) in [6.07, 6.45) is 0.965. The first-order valence-electron chi connectivity index (χ1n) is 6.16. The van der Waals surface area contributed by atoms with E-state index < -0.39 is 23.4 Å². The van der Waals surface area contributed by atoms with Gasteiger partial charge in [0.1, 0.15) is 0 Å². The minimum atomic E-state index is -0.998. The largest absolute Gasteiger partial charge is 0.481 e. The van der Waals surface area contributed by atoms with Crippen LogP contribution in [-0.2, 0) is 14.3 Å². The van der Waals surface area contributed by atoms with Crippen molar-refractivity contribution in [3.63, 3.8) is 0 Å². The highest BCUT2D eigenvalue weighted by Crippen LogP contribution is 2.20. The molecule has 6 heteroatoms. The van der Waals surface area contributed by atoms with E-state index in [1.807, 2.05) is 0 Å². The molecule has 0 aromatic carbocycles. The van der Waals surface area contributed by atoms with Gasteiger partial charge >= 0.3 is 5.97 Å². The number of amides is 1. The van der Waals surface area contributed by atoms with Crippen molar-refractivity contribution in [1.82, 2.24) is 5.32 Å². The molecule has 0 aliphatic carbocycles. The first kappa shape index (κ1) is 14.9. The lowest BCUT2D eigenvalue weighted by Gasteiger charge is -2.32. The van der Waals surface area contributed by atoms with Crippen molar-refractivity contribution in [2.45, 2.75) is 32.3 Å². The van der Waals surface area contributed by atoms with Gasteiger partial charge in [0.2, 0.25) is 5.91 Å². The van der Waals surface area contributed by atoms with Gasteiger partial charge in [0.25, 0.3) is 0 Å². The van der Waals surface area contributed by atoms with E-state index in [1.54, 1.807) is 6.92 Å². The second kappa shape index (κ2) is 6.15. The quantitative estimate of drug-likeness (QED) is 0.646. The second-order valence-corrected chi connectivity index (χ2v) is 4.97. The Morgan fingerprint density at radius 3 is 2.33 bits per heavy atom. The fraction of sp³-hybridized carbons (Fsp3) is 0.833. The number of rotatable bonds is 5. The summed E-state index contributed by atoms with van der Waals surface area (Å²) < 4.78 is 5.14. The van der Waals surface area contributed by atoms with Crippen molar-refractivity contribution < 1.29 is 24.5 Å². The summed E-state index contributed by atoms with van der Waals surface area (Å²) in [5.41, 5.74) is -0.930. The van der Waals surface area contributed by atoms with Crippen LogP contribution in [0.5, 0.6) is 0 Å². The number of carboxylic acid groups (broad SMARTS) is 1. The third kappa shape index (κ3) is 3.96. The third-order valence-corrected chi connectivity index (χ3v) is 3.57. The summed E-state index contributed by atoms with van der Waals surface area (Å²) in [6.45, 7) is 4.17. The first-order valence-corrected chi connectivity index (χ1v) is 6.16. The summed E-state index contributed by atoms with van der Waals surface area (Å²) >= 11 is 0. The highest BCUT2D eigenvalue weighted by Gasteiger charge is 2.32. The first-order chi connectivity index (χ1) is 8.36.